The molecule has 2 aromatic rings. The Bertz CT molecular complexity index is 1180. The minimum Gasteiger partial charge on any atom is -0.489 e. The van der Waals surface area contributed by atoms with E-state index in [0.29, 0.717) is 35.5 Å². The van der Waals surface area contributed by atoms with Crippen LogP contribution < -0.4 is 19.7 Å². The van der Waals surface area contributed by atoms with Gasteiger partial charge >= 0.3 is 12.3 Å². The predicted octanol–water partition coefficient (Wildman–Crippen LogP) is 5.47. The molecule has 0 saturated heterocycles. The van der Waals surface area contributed by atoms with Crippen LogP contribution in [-0.4, -0.2) is 43.0 Å². The molecule has 1 fully saturated rings. The van der Waals surface area contributed by atoms with E-state index < -0.39 is 18.4 Å². The number of carboxylic acids is 1. The van der Waals surface area contributed by atoms with Gasteiger partial charge in [-0.2, -0.15) is 0 Å². The number of aliphatic carboxylic acids is 1. The lowest BCUT2D eigenvalue weighted by Gasteiger charge is -2.25. The maximum atomic E-state index is 13.2. The van der Waals surface area contributed by atoms with Crippen LogP contribution in [0.3, 0.4) is 0 Å². The number of likely N-dealkylation sites (N-methyl/N-ethyl adjacent to an activating group) is 1. The highest BCUT2D eigenvalue weighted by Crippen LogP contribution is 2.40. The van der Waals surface area contributed by atoms with Crippen molar-refractivity contribution in [3.8, 4) is 11.5 Å². The topological polar surface area (TPSA) is 88.1 Å². The number of ether oxygens (including phenoxy) is 2. The lowest BCUT2D eigenvalue weighted by Crippen LogP contribution is -2.45. The fourth-order valence-electron chi connectivity index (χ4n) is 5.49. The zero-order valence-corrected chi connectivity index (χ0v) is 21.6. The molecule has 1 amide bonds. The number of halogens is 3. The van der Waals surface area contributed by atoms with Gasteiger partial charge in [0.05, 0.1) is 12.5 Å². The predicted molar refractivity (Wildman–Crippen MR) is 136 cm³/mol. The number of nitrogens with zero attached hydrogens (tertiary/aromatic N) is 1. The first-order chi connectivity index (χ1) is 18.1. The highest BCUT2D eigenvalue weighted by molar-refractivity contribution is 6.00. The monoisotopic (exact) mass is 534 g/mol. The Morgan fingerprint density at radius 2 is 1.87 bits per heavy atom. The van der Waals surface area contributed by atoms with E-state index in [1.54, 1.807) is 36.2 Å². The summed E-state index contributed by atoms with van der Waals surface area (Å²) in [6.07, 6.45) is 0.288. The highest BCUT2D eigenvalue weighted by atomic mass is 19.4. The molecule has 0 radical (unpaired) electrons. The fourth-order valence-corrected chi connectivity index (χ4v) is 5.49. The number of hydrogen-bond acceptors (Lipinski definition) is 5. The molecule has 0 unspecified atom stereocenters. The van der Waals surface area contributed by atoms with Crippen molar-refractivity contribution in [2.24, 2.45) is 0 Å². The molecule has 10 heteroatoms. The number of benzene rings is 2. The fraction of sp³-hybridized carbons (Fsp3) is 0.500. The van der Waals surface area contributed by atoms with Crippen LogP contribution in [0.2, 0.25) is 0 Å². The third-order valence-electron chi connectivity index (χ3n) is 7.43. The zero-order chi connectivity index (χ0) is 27.4. The number of carboxylic acid groups (broad SMARTS) is 1. The van der Waals surface area contributed by atoms with Crippen molar-refractivity contribution in [2.75, 3.05) is 18.5 Å². The highest BCUT2D eigenvalue weighted by Gasteiger charge is 2.34. The van der Waals surface area contributed by atoms with Crippen LogP contribution in [0.5, 0.6) is 11.5 Å². The summed E-state index contributed by atoms with van der Waals surface area (Å²) in [4.78, 5) is 25.6. The third kappa shape index (κ3) is 6.40. The lowest BCUT2D eigenvalue weighted by molar-refractivity contribution is -0.275. The van der Waals surface area contributed by atoms with Crippen LogP contribution >= 0.6 is 0 Å². The van der Waals surface area contributed by atoms with Crippen LogP contribution in [0.4, 0.5) is 18.9 Å². The van der Waals surface area contributed by atoms with Gasteiger partial charge in [0.2, 0.25) is 5.91 Å². The first-order valence-corrected chi connectivity index (χ1v) is 12.9. The largest absolute Gasteiger partial charge is 0.573 e. The molecule has 1 heterocycles. The van der Waals surface area contributed by atoms with E-state index in [1.807, 2.05) is 6.92 Å². The van der Waals surface area contributed by atoms with E-state index in [-0.39, 0.29) is 30.6 Å². The molecule has 0 aromatic heterocycles. The molecule has 0 spiro atoms. The third-order valence-corrected chi connectivity index (χ3v) is 7.43. The van der Waals surface area contributed by atoms with Crippen molar-refractivity contribution in [3.05, 3.63) is 52.6 Å². The van der Waals surface area contributed by atoms with Gasteiger partial charge in [0.25, 0.3) is 0 Å². The van der Waals surface area contributed by atoms with Crippen LogP contribution in [0.15, 0.2) is 30.3 Å². The standard InChI is InChI=1S/C28H33F3N2O5/c1-17-20-12-13-33(27(36)22(32-2)15-26(34)35)23(20)10-11-24(17)37-16-18-8-9-21(19-6-4-3-5-7-19)25(14-18)38-28(29,30)31/h8-11,14,19,22,32H,3-7,12-13,15-16H2,1-2H3,(H,34,35)/t22-/m1/s1. The number of carbonyl (C=O) groups is 2. The summed E-state index contributed by atoms with van der Waals surface area (Å²) in [5, 5.41) is 11.9. The van der Waals surface area contributed by atoms with Crippen LogP contribution in [0.1, 0.15) is 66.7 Å². The smallest absolute Gasteiger partial charge is 0.489 e. The van der Waals surface area contributed by atoms with Crippen molar-refractivity contribution in [3.63, 3.8) is 0 Å². The summed E-state index contributed by atoms with van der Waals surface area (Å²) in [5.41, 5.74) is 3.62. The van der Waals surface area contributed by atoms with Gasteiger partial charge < -0.3 is 24.8 Å². The molecule has 2 N–H and O–H groups in total. The molecule has 1 aliphatic carbocycles. The SMILES string of the molecule is CN[C@H](CC(=O)O)C(=O)N1CCc2c1ccc(OCc1ccc(C3CCCCC3)c(OC(F)(F)F)c1)c2C. The average Bonchev–Trinajstić information content (AvgIpc) is 3.31. The van der Waals surface area contributed by atoms with E-state index in [9.17, 15) is 22.8 Å². The maximum absolute atomic E-state index is 13.2. The van der Waals surface area contributed by atoms with Crippen molar-refractivity contribution >= 4 is 17.6 Å². The average molecular weight is 535 g/mol. The molecule has 206 valence electrons. The van der Waals surface area contributed by atoms with Gasteiger partial charge in [-0.25, -0.2) is 0 Å². The Kier molecular flexibility index (Phi) is 8.50. The number of amides is 1. The van der Waals surface area contributed by atoms with E-state index in [2.05, 4.69) is 10.1 Å². The zero-order valence-electron chi connectivity index (χ0n) is 21.6. The van der Waals surface area contributed by atoms with Crippen molar-refractivity contribution < 1.29 is 37.3 Å². The maximum Gasteiger partial charge on any atom is 0.573 e. The van der Waals surface area contributed by atoms with Crippen molar-refractivity contribution in [1.29, 1.82) is 0 Å². The van der Waals surface area contributed by atoms with Gasteiger partial charge in [-0.15, -0.1) is 13.2 Å². The van der Waals surface area contributed by atoms with Gasteiger partial charge in [-0.05, 0) is 79.6 Å². The van der Waals surface area contributed by atoms with Gasteiger partial charge in [0.15, 0.2) is 0 Å². The number of alkyl halides is 3. The first-order valence-electron chi connectivity index (χ1n) is 12.9. The second-order valence-corrected chi connectivity index (χ2v) is 9.91. The summed E-state index contributed by atoms with van der Waals surface area (Å²) >= 11 is 0. The van der Waals surface area contributed by atoms with Crippen LogP contribution in [-0.2, 0) is 22.6 Å². The van der Waals surface area contributed by atoms with Crippen molar-refractivity contribution in [1.82, 2.24) is 5.32 Å². The second kappa shape index (κ2) is 11.6. The summed E-state index contributed by atoms with van der Waals surface area (Å²) in [5.74, 6) is -0.905. The molecular formula is C28H33F3N2O5. The summed E-state index contributed by atoms with van der Waals surface area (Å²) in [6, 6.07) is 7.59. The van der Waals surface area contributed by atoms with E-state index >= 15 is 0 Å². The molecule has 4 rings (SSSR count). The van der Waals surface area contributed by atoms with Gasteiger partial charge in [-0.1, -0.05) is 31.4 Å². The minimum atomic E-state index is -4.78. The number of rotatable bonds is 9. The van der Waals surface area contributed by atoms with Crippen LogP contribution in [0.25, 0.3) is 0 Å². The molecular weight excluding hydrogens is 501 g/mol. The van der Waals surface area contributed by atoms with Crippen LogP contribution in [0, 0.1) is 6.92 Å². The molecule has 1 saturated carbocycles. The molecule has 2 aromatic carbocycles. The quantitative estimate of drug-likeness (QED) is 0.444. The Balaban J connectivity index is 1.50. The van der Waals surface area contributed by atoms with Gasteiger partial charge in [0.1, 0.15) is 18.1 Å². The van der Waals surface area contributed by atoms with Crippen molar-refractivity contribution in [2.45, 2.75) is 76.8 Å². The Hall–Kier alpha value is -3.27. The molecule has 1 atom stereocenters. The summed E-state index contributed by atoms with van der Waals surface area (Å²) in [7, 11) is 1.55. The number of anilines is 1. The lowest BCUT2D eigenvalue weighted by atomic mass is 9.83. The van der Waals surface area contributed by atoms with E-state index in [0.717, 1.165) is 43.2 Å². The second-order valence-electron chi connectivity index (χ2n) is 9.91. The van der Waals surface area contributed by atoms with E-state index in [1.165, 1.54) is 6.07 Å². The number of nitrogens with one attached hydrogen (secondary N) is 1. The Labute approximate surface area is 219 Å². The molecule has 0 bridgehead atoms. The summed E-state index contributed by atoms with van der Waals surface area (Å²) < 4.78 is 49.9. The number of carbonyl (C=O) groups excluding carboxylic acids is 1. The Morgan fingerprint density at radius 3 is 2.53 bits per heavy atom. The minimum absolute atomic E-state index is 0.0543. The molecule has 7 nitrogen and oxygen atoms in total. The summed E-state index contributed by atoms with van der Waals surface area (Å²) in [6.45, 7) is 2.36. The number of hydrogen-bond donors (Lipinski definition) is 2. The Morgan fingerprint density at radius 1 is 1.13 bits per heavy atom. The molecule has 38 heavy (non-hydrogen) atoms. The molecule has 1 aliphatic heterocycles. The molecule has 2 aliphatic rings. The van der Waals surface area contributed by atoms with Gasteiger partial charge in [-0.3, -0.25) is 9.59 Å². The van der Waals surface area contributed by atoms with Gasteiger partial charge in [0, 0.05) is 12.2 Å². The van der Waals surface area contributed by atoms with E-state index in [4.69, 9.17) is 9.84 Å². The first kappa shape index (κ1) is 27.8. The number of fused-ring (bicyclic) bond motifs is 1. The normalized spacial score (nSPS) is 16.7.